The highest BCUT2D eigenvalue weighted by Gasteiger charge is 2.29. The number of hydrogen-bond acceptors (Lipinski definition) is 1. The third-order valence-electron chi connectivity index (χ3n) is 3.24. The van der Waals surface area contributed by atoms with Crippen LogP contribution >= 0.6 is 23.2 Å². The number of alkyl halides is 1. The maximum Gasteiger partial charge on any atom is 0.255 e. The van der Waals surface area contributed by atoms with Crippen LogP contribution in [-0.2, 0) is 0 Å². The number of amides is 1. The van der Waals surface area contributed by atoms with Gasteiger partial charge in [-0.05, 0) is 31.4 Å². The van der Waals surface area contributed by atoms with E-state index >= 15 is 0 Å². The fourth-order valence-electron chi connectivity index (χ4n) is 2.23. The molecule has 1 fully saturated rings. The van der Waals surface area contributed by atoms with E-state index in [1.165, 1.54) is 0 Å². The molecule has 0 aliphatic carbocycles. The Kier molecular flexibility index (Phi) is 3.95. The van der Waals surface area contributed by atoms with Gasteiger partial charge in [0.1, 0.15) is 0 Å². The number of aryl methyl sites for hydroxylation is 1. The molecule has 2 rings (SSSR count). The molecule has 1 aliphatic rings. The fraction of sp³-hybridized carbons (Fsp3) is 0.462. The Labute approximate surface area is 112 Å². The smallest absolute Gasteiger partial charge is 0.255 e. The predicted octanol–water partition coefficient (Wildman–Crippen LogP) is 3.49. The topological polar surface area (TPSA) is 20.3 Å². The van der Waals surface area contributed by atoms with Gasteiger partial charge in [0.25, 0.3) is 5.91 Å². The Hall–Kier alpha value is -0.730. The lowest BCUT2D eigenvalue weighted by Gasteiger charge is -2.23. The molecule has 0 N–H and O–H groups in total. The summed E-state index contributed by atoms with van der Waals surface area (Å²) < 4.78 is 0. The second kappa shape index (κ2) is 5.28. The van der Waals surface area contributed by atoms with E-state index in [0.29, 0.717) is 16.5 Å². The Morgan fingerprint density at radius 1 is 1.53 bits per heavy atom. The van der Waals surface area contributed by atoms with Crippen LogP contribution < -0.4 is 0 Å². The van der Waals surface area contributed by atoms with Crippen molar-refractivity contribution in [1.82, 2.24) is 4.90 Å². The molecule has 17 heavy (non-hydrogen) atoms. The van der Waals surface area contributed by atoms with Crippen LogP contribution in [0, 0.1) is 6.92 Å². The minimum absolute atomic E-state index is 0.00171. The number of carbonyl (C=O) groups excluding carboxylic acids is 1. The molecule has 0 spiro atoms. The summed E-state index contributed by atoms with van der Waals surface area (Å²) >= 11 is 12.1. The predicted molar refractivity (Wildman–Crippen MR) is 71.0 cm³/mol. The van der Waals surface area contributed by atoms with Crippen molar-refractivity contribution < 1.29 is 4.79 Å². The molecule has 0 aromatic heterocycles. The molecule has 1 aromatic carbocycles. The number of carbonyl (C=O) groups is 1. The maximum atomic E-state index is 12.4. The number of nitrogens with zero attached hydrogens (tertiary/aromatic N) is 1. The summed E-state index contributed by atoms with van der Waals surface area (Å²) in [6.07, 6.45) is 2.01. The van der Waals surface area contributed by atoms with Crippen LogP contribution in [0.1, 0.15) is 28.8 Å². The minimum Gasteiger partial charge on any atom is -0.334 e. The van der Waals surface area contributed by atoms with Crippen molar-refractivity contribution in [2.45, 2.75) is 25.8 Å². The summed E-state index contributed by atoms with van der Waals surface area (Å²) in [6.45, 7) is 2.68. The van der Waals surface area contributed by atoms with Gasteiger partial charge in [0, 0.05) is 18.5 Å². The summed E-state index contributed by atoms with van der Waals surface area (Å²) in [4.78, 5) is 14.2. The lowest BCUT2D eigenvalue weighted by molar-refractivity contribution is 0.0749. The van der Waals surface area contributed by atoms with Gasteiger partial charge < -0.3 is 4.90 Å². The van der Waals surface area contributed by atoms with Crippen molar-refractivity contribution in [3.63, 3.8) is 0 Å². The first-order valence-corrected chi connectivity index (χ1v) is 6.68. The summed E-state index contributed by atoms with van der Waals surface area (Å²) in [5, 5.41) is 0.553. The van der Waals surface area contributed by atoms with Crippen LogP contribution in [0.4, 0.5) is 0 Å². The molecule has 1 aromatic rings. The van der Waals surface area contributed by atoms with Gasteiger partial charge >= 0.3 is 0 Å². The van der Waals surface area contributed by atoms with E-state index in [1.54, 1.807) is 6.07 Å². The minimum atomic E-state index is 0.00171. The molecule has 92 valence electrons. The molecule has 0 bridgehead atoms. The van der Waals surface area contributed by atoms with E-state index in [2.05, 4.69) is 0 Å². The number of likely N-dealkylation sites (tertiary alicyclic amines) is 1. The molecule has 1 amide bonds. The first kappa shape index (κ1) is 12.7. The van der Waals surface area contributed by atoms with Crippen LogP contribution in [0.25, 0.3) is 0 Å². The van der Waals surface area contributed by atoms with Crippen LogP contribution in [0.15, 0.2) is 18.2 Å². The zero-order valence-corrected chi connectivity index (χ0v) is 11.3. The molecule has 0 radical (unpaired) electrons. The van der Waals surface area contributed by atoms with Gasteiger partial charge in [-0.1, -0.05) is 23.7 Å². The van der Waals surface area contributed by atoms with E-state index < -0.39 is 0 Å². The molecular weight excluding hydrogens is 257 g/mol. The van der Waals surface area contributed by atoms with Crippen molar-refractivity contribution in [2.75, 3.05) is 12.4 Å². The Morgan fingerprint density at radius 3 is 3.00 bits per heavy atom. The van der Waals surface area contributed by atoms with Gasteiger partial charge in [0.15, 0.2) is 0 Å². The fourth-order valence-corrected chi connectivity index (χ4v) is 2.76. The normalized spacial score (nSPS) is 19.7. The van der Waals surface area contributed by atoms with E-state index in [1.807, 2.05) is 24.0 Å². The van der Waals surface area contributed by atoms with Gasteiger partial charge in [0.05, 0.1) is 10.6 Å². The SMILES string of the molecule is Cc1cccc(C(=O)N2CCCC2CCl)c1Cl. The third kappa shape index (κ3) is 2.43. The van der Waals surface area contributed by atoms with Gasteiger partial charge in [-0.15, -0.1) is 11.6 Å². The molecule has 2 nitrogen and oxygen atoms in total. The third-order valence-corrected chi connectivity index (χ3v) is 4.10. The lowest BCUT2D eigenvalue weighted by Crippen LogP contribution is -2.36. The second-order valence-corrected chi connectivity index (χ2v) is 5.07. The second-order valence-electron chi connectivity index (χ2n) is 4.39. The highest BCUT2D eigenvalue weighted by molar-refractivity contribution is 6.34. The number of hydrogen-bond donors (Lipinski definition) is 0. The Morgan fingerprint density at radius 2 is 2.29 bits per heavy atom. The zero-order valence-electron chi connectivity index (χ0n) is 9.75. The molecule has 1 heterocycles. The van der Waals surface area contributed by atoms with Crippen LogP contribution in [0.3, 0.4) is 0 Å². The van der Waals surface area contributed by atoms with E-state index in [9.17, 15) is 4.79 Å². The van der Waals surface area contributed by atoms with Gasteiger partial charge in [-0.3, -0.25) is 4.79 Å². The molecule has 0 saturated carbocycles. The number of halogens is 2. The first-order valence-electron chi connectivity index (χ1n) is 5.77. The van der Waals surface area contributed by atoms with Crippen molar-refractivity contribution in [2.24, 2.45) is 0 Å². The quantitative estimate of drug-likeness (QED) is 0.755. The van der Waals surface area contributed by atoms with E-state index in [4.69, 9.17) is 23.2 Å². The molecule has 1 unspecified atom stereocenters. The van der Waals surface area contributed by atoms with E-state index in [-0.39, 0.29) is 11.9 Å². The number of benzene rings is 1. The Bertz CT molecular complexity index is 433. The Balaban J connectivity index is 2.28. The van der Waals surface area contributed by atoms with Crippen molar-refractivity contribution in [3.8, 4) is 0 Å². The number of rotatable bonds is 2. The van der Waals surface area contributed by atoms with Crippen molar-refractivity contribution in [3.05, 3.63) is 34.3 Å². The summed E-state index contributed by atoms with van der Waals surface area (Å²) in [7, 11) is 0. The summed E-state index contributed by atoms with van der Waals surface area (Å²) in [5.41, 5.74) is 1.52. The van der Waals surface area contributed by atoms with Crippen LogP contribution in [0.5, 0.6) is 0 Å². The molecule has 4 heteroatoms. The monoisotopic (exact) mass is 271 g/mol. The van der Waals surface area contributed by atoms with Crippen molar-refractivity contribution >= 4 is 29.1 Å². The molecule has 1 aliphatic heterocycles. The van der Waals surface area contributed by atoms with Crippen LogP contribution in [0.2, 0.25) is 5.02 Å². The van der Waals surface area contributed by atoms with E-state index in [0.717, 1.165) is 24.9 Å². The summed E-state index contributed by atoms with van der Waals surface area (Å²) in [6, 6.07) is 5.70. The van der Waals surface area contributed by atoms with Crippen LogP contribution in [-0.4, -0.2) is 29.3 Å². The first-order chi connectivity index (χ1) is 8.15. The van der Waals surface area contributed by atoms with Gasteiger partial charge in [-0.2, -0.15) is 0 Å². The lowest BCUT2D eigenvalue weighted by atomic mass is 10.1. The zero-order chi connectivity index (χ0) is 12.4. The maximum absolute atomic E-state index is 12.4. The standard InChI is InChI=1S/C13H15Cl2NO/c1-9-4-2-6-11(12(9)15)13(17)16-7-3-5-10(16)8-14/h2,4,6,10H,3,5,7-8H2,1H3. The molecule has 1 atom stereocenters. The van der Waals surface area contributed by atoms with Gasteiger partial charge in [0.2, 0.25) is 0 Å². The highest BCUT2D eigenvalue weighted by Crippen LogP contribution is 2.26. The average Bonchev–Trinajstić information content (AvgIpc) is 2.80. The molecule has 1 saturated heterocycles. The molecular formula is C13H15Cl2NO. The average molecular weight is 272 g/mol. The highest BCUT2D eigenvalue weighted by atomic mass is 35.5. The summed E-state index contributed by atoms with van der Waals surface area (Å²) in [5.74, 6) is 0.497. The largest absolute Gasteiger partial charge is 0.334 e. The van der Waals surface area contributed by atoms with Crippen molar-refractivity contribution in [1.29, 1.82) is 0 Å². The van der Waals surface area contributed by atoms with Gasteiger partial charge in [-0.25, -0.2) is 0 Å².